The lowest BCUT2D eigenvalue weighted by atomic mass is 10.1. The van der Waals surface area contributed by atoms with Crippen molar-refractivity contribution in [3.63, 3.8) is 0 Å². The Bertz CT molecular complexity index is 499. The fourth-order valence-electron chi connectivity index (χ4n) is 1.28. The SMILES string of the molecule is O=Cc1cc(Br)cc2c1cnn2PI. The number of hydrogen-bond acceptors (Lipinski definition) is 2. The van der Waals surface area contributed by atoms with E-state index in [1.807, 2.05) is 10.5 Å². The summed E-state index contributed by atoms with van der Waals surface area (Å²) >= 11 is 5.63. The lowest BCUT2D eigenvalue weighted by molar-refractivity contribution is 0.112. The van der Waals surface area contributed by atoms with E-state index in [0.29, 0.717) is 11.9 Å². The van der Waals surface area contributed by atoms with Crippen molar-refractivity contribution in [3.05, 3.63) is 28.4 Å². The number of benzene rings is 1. The Hall–Kier alpha value is -0.000000000000000222. The van der Waals surface area contributed by atoms with Gasteiger partial charge in [-0.05, 0) is 34.2 Å². The first-order valence-corrected chi connectivity index (χ1v) is 8.61. The van der Waals surface area contributed by atoms with Crippen molar-refractivity contribution in [1.29, 1.82) is 0 Å². The fraction of sp³-hybridized carbons (Fsp3) is 0. The van der Waals surface area contributed by atoms with Gasteiger partial charge in [-0.2, -0.15) is 5.10 Å². The monoisotopic (exact) mass is 382 g/mol. The molecule has 0 spiro atoms. The summed E-state index contributed by atoms with van der Waals surface area (Å²) in [7, 11) is 0. The van der Waals surface area contributed by atoms with Gasteiger partial charge in [0.25, 0.3) is 0 Å². The summed E-state index contributed by atoms with van der Waals surface area (Å²) < 4.78 is 2.79. The van der Waals surface area contributed by atoms with Crippen LogP contribution in [0, 0.1) is 0 Å². The van der Waals surface area contributed by atoms with Gasteiger partial charge in [0.1, 0.15) is 0 Å². The average molecular weight is 383 g/mol. The molecule has 0 aliphatic carbocycles. The highest BCUT2D eigenvalue weighted by Crippen LogP contribution is 2.31. The zero-order valence-corrected chi connectivity index (χ0v) is 11.6. The Balaban J connectivity index is 2.83. The molecule has 6 heteroatoms. The minimum absolute atomic E-state index is 0.541. The summed E-state index contributed by atoms with van der Waals surface area (Å²) in [5, 5.41) is 5.11. The molecule has 72 valence electrons. The molecule has 1 aromatic carbocycles. The Morgan fingerprint density at radius 2 is 2.36 bits per heavy atom. The molecule has 0 saturated carbocycles. The largest absolute Gasteiger partial charge is 0.298 e. The second kappa shape index (κ2) is 4.24. The normalized spacial score (nSPS) is 11.6. The third-order valence-corrected chi connectivity index (χ3v) is 4.24. The number of carbonyl (C=O) groups is 1. The summed E-state index contributed by atoms with van der Waals surface area (Å²) in [6.07, 6.45) is 3.13. The molecular formula is C8H5BrIN2OP. The molecule has 3 nitrogen and oxygen atoms in total. The average Bonchev–Trinajstić information content (AvgIpc) is 2.59. The van der Waals surface area contributed by atoms with Gasteiger partial charge in [0.2, 0.25) is 0 Å². The van der Waals surface area contributed by atoms with Gasteiger partial charge in [0.05, 0.1) is 18.1 Å². The molecule has 1 heterocycles. The van der Waals surface area contributed by atoms with Gasteiger partial charge in [-0.3, -0.25) is 4.79 Å². The van der Waals surface area contributed by atoms with Crippen LogP contribution in [0.1, 0.15) is 10.4 Å². The van der Waals surface area contributed by atoms with Crippen molar-refractivity contribution in [2.75, 3.05) is 0 Å². The molecule has 2 aromatic rings. The van der Waals surface area contributed by atoms with E-state index in [1.54, 1.807) is 12.3 Å². The number of carbonyl (C=O) groups excluding carboxylic acids is 1. The summed E-state index contributed by atoms with van der Waals surface area (Å²) in [5.74, 6) is 0. The molecule has 14 heavy (non-hydrogen) atoms. The van der Waals surface area contributed by atoms with Crippen LogP contribution >= 0.6 is 44.3 Å². The lowest BCUT2D eigenvalue weighted by Crippen LogP contribution is -1.85. The highest BCUT2D eigenvalue weighted by Gasteiger charge is 2.07. The molecule has 0 N–H and O–H groups in total. The third-order valence-electron chi connectivity index (χ3n) is 1.89. The number of hydrogen-bond donors (Lipinski definition) is 0. The van der Waals surface area contributed by atoms with E-state index in [2.05, 4.69) is 43.1 Å². The van der Waals surface area contributed by atoms with E-state index in [-0.39, 0.29) is 0 Å². The maximum Gasteiger partial charge on any atom is 0.150 e. The van der Waals surface area contributed by atoms with Gasteiger partial charge >= 0.3 is 0 Å². The first kappa shape index (κ1) is 10.5. The molecule has 0 amide bonds. The van der Waals surface area contributed by atoms with E-state index < -0.39 is 0 Å². The standard InChI is InChI=1S/C8H5BrIN2OP/c9-6-1-5(4-13)7-3-11-12(14-10)8(7)2-6/h1-4,14H. The number of aromatic nitrogens is 2. The van der Waals surface area contributed by atoms with Crippen LogP contribution in [0.15, 0.2) is 22.8 Å². The van der Waals surface area contributed by atoms with Gasteiger partial charge in [-0.25, -0.2) is 4.45 Å². The summed E-state index contributed by atoms with van der Waals surface area (Å²) in [5.41, 5.74) is 1.67. The van der Waals surface area contributed by atoms with Crippen molar-refractivity contribution >= 4 is 61.5 Å². The molecule has 0 aliphatic rings. The van der Waals surface area contributed by atoms with Crippen LogP contribution in [0.4, 0.5) is 0 Å². The molecule has 1 unspecified atom stereocenters. The fourth-order valence-corrected chi connectivity index (χ4v) is 3.28. The third kappa shape index (κ3) is 1.73. The van der Waals surface area contributed by atoms with Crippen molar-refractivity contribution in [1.82, 2.24) is 9.55 Å². The summed E-state index contributed by atoms with van der Waals surface area (Å²) in [4.78, 5) is 10.8. The highest BCUT2D eigenvalue weighted by molar-refractivity contribution is 14.2. The van der Waals surface area contributed by atoms with E-state index >= 15 is 0 Å². The number of nitrogens with zero attached hydrogens (tertiary/aromatic N) is 2. The molecule has 1 atom stereocenters. The molecule has 0 saturated heterocycles. The number of rotatable bonds is 2. The van der Waals surface area contributed by atoms with Gasteiger partial charge in [0, 0.05) is 15.4 Å². The second-order valence-electron chi connectivity index (χ2n) is 2.69. The predicted molar refractivity (Wildman–Crippen MR) is 70.6 cm³/mol. The minimum Gasteiger partial charge on any atom is -0.298 e. The van der Waals surface area contributed by atoms with Crippen LogP contribution in [0.5, 0.6) is 0 Å². The molecule has 1 aromatic heterocycles. The maximum absolute atomic E-state index is 10.8. The summed E-state index contributed by atoms with van der Waals surface area (Å²) in [6.45, 7) is 0. The van der Waals surface area contributed by atoms with Gasteiger partial charge < -0.3 is 0 Å². The smallest absolute Gasteiger partial charge is 0.150 e. The Morgan fingerprint density at radius 3 is 3.00 bits per heavy atom. The Labute approximate surface area is 104 Å². The highest BCUT2D eigenvalue weighted by atomic mass is 127. The quantitative estimate of drug-likeness (QED) is 0.453. The van der Waals surface area contributed by atoms with Crippen molar-refractivity contribution in [2.24, 2.45) is 0 Å². The first-order valence-electron chi connectivity index (χ1n) is 3.75. The van der Waals surface area contributed by atoms with Crippen LogP contribution in [0.25, 0.3) is 10.9 Å². The molecular weight excluding hydrogens is 378 g/mol. The molecule has 0 radical (unpaired) electrons. The Morgan fingerprint density at radius 1 is 1.57 bits per heavy atom. The van der Waals surface area contributed by atoms with E-state index in [1.165, 1.54) is 0 Å². The minimum atomic E-state index is 0.541. The molecule has 0 bridgehead atoms. The van der Waals surface area contributed by atoms with Crippen molar-refractivity contribution in [2.45, 2.75) is 0 Å². The first-order chi connectivity index (χ1) is 6.76. The van der Waals surface area contributed by atoms with Crippen LogP contribution in [-0.2, 0) is 0 Å². The van der Waals surface area contributed by atoms with E-state index in [0.717, 1.165) is 21.7 Å². The molecule has 2 rings (SSSR count). The zero-order valence-electron chi connectivity index (χ0n) is 6.87. The number of fused-ring (bicyclic) bond motifs is 1. The van der Waals surface area contributed by atoms with Crippen LogP contribution in [-0.4, -0.2) is 15.8 Å². The van der Waals surface area contributed by atoms with Crippen LogP contribution in [0.2, 0.25) is 0 Å². The Kier molecular flexibility index (Phi) is 3.19. The van der Waals surface area contributed by atoms with E-state index in [9.17, 15) is 4.79 Å². The van der Waals surface area contributed by atoms with Crippen LogP contribution < -0.4 is 0 Å². The second-order valence-corrected chi connectivity index (χ2v) is 5.64. The molecule has 0 aliphatic heterocycles. The number of halogens is 2. The van der Waals surface area contributed by atoms with E-state index in [4.69, 9.17) is 0 Å². The maximum atomic E-state index is 10.8. The topological polar surface area (TPSA) is 34.9 Å². The predicted octanol–water partition coefficient (Wildman–Crippen LogP) is 3.40. The van der Waals surface area contributed by atoms with Crippen molar-refractivity contribution < 1.29 is 4.79 Å². The number of aldehydes is 1. The molecule has 0 fully saturated rings. The van der Waals surface area contributed by atoms with Gasteiger partial charge in [-0.1, -0.05) is 15.9 Å². The van der Waals surface area contributed by atoms with Gasteiger partial charge in [-0.15, -0.1) is 0 Å². The van der Waals surface area contributed by atoms with Crippen molar-refractivity contribution in [3.8, 4) is 0 Å². The van der Waals surface area contributed by atoms with Gasteiger partial charge in [0.15, 0.2) is 6.29 Å². The lowest BCUT2D eigenvalue weighted by Gasteiger charge is -1.99. The van der Waals surface area contributed by atoms with Crippen LogP contribution in [0.3, 0.4) is 0 Å². The zero-order chi connectivity index (χ0) is 10.1. The summed E-state index contributed by atoms with van der Waals surface area (Å²) in [6, 6.07) is 3.78.